The molecule has 1 fully saturated rings. The zero-order valence-electron chi connectivity index (χ0n) is 14.5. The van der Waals surface area contributed by atoms with E-state index in [1.54, 1.807) is 6.07 Å². The quantitative estimate of drug-likeness (QED) is 0.684. The second-order valence-electron chi connectivity index (χ2n) is 6.36. The van der Waals surface area contributed by atoms with Gasteiger partial charge in [0.1, 0.15) is 0 Å². The van der Waals surface area contributed by atoms with Crippen molar-refractivity contribution >= 4 is 37.2 Å². The summed E-state index contributed by atoms with van der Waals surface area (Å²) in [7, 11) is -7.55. The molecule has 1 saturated heterocycles. The van der Waals surface area contributed by atoms with Crippen LogP contribution in [0.4, 0.5) is 0 Å². The molecule has 0 N–H and O–H groups in total. The van der Waals surface area contributed by atoms with Gasteiger partial charge in [0.15, 0.2) is 15.6 Å². The maximum atomic E-state index is 12.9. The van der Waals surface area contributed by atoms with Gasteiger partial charge in [0.2, 0.25) is 10.0 Å². The molecule has 3 rings (SSSR count). The summed E-state index contributed by atoms with van der Waals surface area (Å²) < 4.78 is 52.5. The number of carbonyl (C=O) groups excluding carboxylic acids is 1. The maximum Gasteiger partial charge on any atom is 0.243 e. The van der Waals surface area contributed by atoms with E-state index in [0.29, 0.717) is 10.6 Å². The number of halogens is 1. The smallest absolute Gasteiger partial charge is 0.243 e. The predicted molar refractivity (Wildman–Crippen MR) is 102 cm³/mol. The highest BCUT2D eigenvalue weighted by molar-refractivity contribution is 7.92. The van der Waals surface area contributed by atoms with Crippen molar-refractivity contribution in [2.45, 2.75) is 28.4 Å². The van der Waals surface area contributed by atoms with Crippen LogP contribution < -0.4 is 0 Å². The summed E-state index contributed by atoms with van der Waals surface area (Å²) in [6, 6.07) is 11.6. The first-order chi connectivity index (χ1) is 12.6. The average molecular weight is 428 g/mol. The highest BCUT2D eigenvalue weighted by Crippen LogP contribution is 2.29. The van der Waals surface area contributed by atoms with E-state index < -0.39 is 25.1 Å². The summed E-state index contributed by atoms with van der Waals surface area (Å²) in [5.41, 5.74) is 0.292. The maximum absolute atomic E-state index is 12.9. The lowest BCUT2D eigenvalue weighted by Gasteiger charge is -2.17. The Kier molecular flexibility index (Phi) is 5.45. The van der Waals surface area contributed by atoms with Gasteiger partial charge < -0.3 is 0 Å². The first kappa shape index (κ1) is 20.0. The van der Waals surface area contributed by atoms with E-state index >= 15 is 0 Å². The molecule has 0 aliphatic carbocycles. The normalized spacial score (nSPS) is 18.5. The van der Waals surface area contributed by atoms with Crippen LogP contribution in [-0.2, 0) is 19.9 Å². The molecular weight excluding hydrogens is 410 g/mol. The summed E-state index contributed by atoms with van der Waals surface area (Å²) in [4.78, 5) is 11.6. The average Bonchev–Trinajstić information content (AvgIpc) is 3.14. The Morgan fingerprint density at radius 1 is 1.04 bits per heavy atom. The molecular formula is C18H18ClNO5S2. The summed E-state index contributed by atoms with van der Waals surface area (Å²) >= 11 is 5.80. The van der Waals surface area contributed by atoms with Crippen LogP contribution in [-0.4, -0.2) is 45.3 Å². The van der Waals surface area contributed by atoms with Crippen LogP contribution in [0, 0.1) is 0 Å². The predicted octanol–water partition coefficient (Wildman–Crippen LogP) is 2.78. The Morgan fingerprint density at radius 3 is 2.33 bits per heavy atom. The lowest BCUT2D eigenvalue weighted by Crippen LogP contribution is -2.32. The van der Waals surface area contributed by atoms with Gasteiger partial charge in [-0.1, -0.05) is 23.7 Å². The van der Waals surface area contributed by atoms with Crippen molar-refractivity contribution in [1.29, 1.82) is 0 Å². The van der Waals surface area contributed by atoms with Gasteiger partial charge in [0.05, 0.1) is 15.0 Å². The minimum atomic E-state index is -3.88. The molecule has 0 unspecified atom stereocenters. The van der Waals surface area contributed by atoms with Crippen LogP contribution in [0.15, 0.2) is 58.3 Å². The molecule has 9 heteroatoms. The number of benzene rings is 2. The Morgan fingerprint density at radius 2 is 1.70 bits per heavy atom. The summed E-state index contributed by atoms with van der Waals surface area (Å²) in [5.74, 6) is -0.239. The molecule has 1 aliphatic heterocycles. The number of sulfonamides is 1. The summed E-state index contributed by atoms with van der Waals surface area (Å²) in [5, 5.41) is -0.403. The van der Waals surface area contributed by atoms with Crippen molar-refractivity contribution in [3.63, 3.8) is 0 Å². The topological polar surface area (TPSA) is 88.6 Å². The molecule has 1 atom stereocenters. The van der Waals surface area contributed by atoms with Crippen molar-refractivity contribution in [1.82, 2.24) is 4.31 Å². The van der Waals surface area contributed by atoms with Crippen LogP contribution >= 0.6 is 11.6 Å². The van der Waals surface area contributed by atoms with Crippen molar-refractivity contribution < 1.29 is 21.6 Å². The van der Waals surface area contributed by atoms with E-state index in [1.165, 1.54) is 49.4 Å². The van der Waals surface area contributed by atoms with Crippen LogP contribution in [0.3, 0.4) is 0 Å². The van der Waals surface area contributed by atoms with E-state index in [9.17, 15) is 21.6 Å². The van der Waals surface area contributed by atoms with E-state index in [1.807, 2.05) is 0 Å². The van der Waals surface area contributed by atoms with Gasteiger partial charge in [0, 0.05) is 23.7 Å². The molecule has 0 amide bonds. The largest absolute Gasteiger partial charge is 0.295 e. The van der Waals surface area contributed by atoms with Gasteiger partial charge in [-0.3, -0.25) is 4.79 Å². The molecule has 1 heterocycles. The third kappa shape index (κ3) is 3.94. The fourth-order valence-corrected chi connectivity index (χ4v) is 6.47. The molecule has 2 aromatic carbocycles. The first-order valence-corrected chi connectivity index (χ1v) is 11.6. The zero-order valence-corrected chi connectivity index (χ0v) is 16.9. The highest BCUT2D eigenvalue weighted by Gasteiger charge is 2.39. The lowest BCUT2D eigenvalue weighted by atomic mass is 10.2. The second kappa shape index (κ2) is 7.35. The molecule has 27 heavy (non-hydrogen) atoms. The molecule has 0 spiro atoms. The van der Waals surface area contributed by atoms with E-state index in [2.05, 4.69) is 0 Å². The fraction of sp³-hybridized carbons (Fsp3) is 0.278. The standard InChI is InChI=1S/C18H18ClNO5S2/c1-13(21)14-3-2-4-17(11-14)27(24,25)20-10-9-18(12-20)26(22,23)16-7-5-15(19)6-8-16/h2-8,11,18H,9-10,12H2,1H3/t18-/m1/s1. The molecule has 6 nitrogen and oxygen atoms in total. The van der Waals surface area contributed by atoms with Gasteiger partial charge in [-0.2, -0.15) is 4.31 Å². The monoisotopic (exact) mass is 427 g/mol. The van der Waals surface area contributed by atoms with Gasteiger partial charge in [-0.25, -0.2) is 16.8 Å². The Balaban J connectivity index is 1.85. The van der Waals surface area contributed by atoms with Gasteiger partial charge in [-0.05, 0) is 49.7 Å². The highest BCUT2D eigenvalue weighted by atomic mass is 35.5. The minimum Gasteiger partial charge on any atom is -0.295 e. The number of nitrogens with zero attached hydrogens (tertiary/aromatic N) is 1. The Hall–Kier alpha value is -1.74. The number of ketones is 1. The van der Waals surface area contributed by atoms with Crippen molar-refractivity contribution in [3.05, 3.63) is 59.1 Å². The molecule has 0 radical (unpaired) electrons. The third-order valence-corrected chi connectivity index (χ3v) is 8.87. The molecule has 0 bridgehead atoms. The van der Waals surface area contributed by atoms with Crippen LogP contribution in [0.1, 0.15) is 23.7 Å². The van der Waals surface area contributed by atoms with Crippen LogP contribution in [0.2, 0.25) is 5.02 Å². The number of carbonyl (C=O) groups is 1. The van der Waals surface area contributed by atoms with Gasteiger partial charge >= 0.3 is 0 Å². The van der Waals surface area contributed by atoms with Crippen molar-refractivity contribution in [2.75, 3.05) is 13.1 Å². The SMILES string of the molecule is CC(=O)c1cccc(S(=O)(=O)N2CC[C@@H](S(=O)(=O)c3ccc(Cl)cc3)C2)c1. The Bertz CT molecular complexity index is 1080. The fourth-order valence-electron chi connectivity index (χ4n) is 3.01. The van der Waals surface area contributed by atoms with Crippen LogP contribution in [0.5, 0.6) is 0 Å². The van der Waals surface area contributed by atoms with E-state index in [-0.39, 0.29) is 35.1 Å². The van der Waals surface area contributed by atoms with E-state index in [0.717, 1.165) is 4.31 Å². The minimum absolute atomic E-state index is 0.0141. The zero-order chi connectivity index (χ0) is 19.8. The first-order valence-electron chi connectivity index (χ1n) is 8.23. The molecule has 0 aromatic heterocycles. The molecule has 1 aliphatic rings. The number of hydrogen-bond donors (Lipinski definition) is 0. The number of rotatable bonds is 5. The lowest BCUT2D eigenvalue weighted by molar-refractivity contribution is 0.101. The molecule has 2 aromatic rings. The van der Waals surface area contributed by atoms with Crippen molar-refractivity contribution in [2.24, 2.45) is 0 Å². The summed E-state index contributed by atoms with van der Waals surface area (Å²) in [6.07, 6.45) is 0.205. The molecule has 144 valence electrons. The molecule has 0 saturated carbocycles. The van der Waals surface area contributed by atoms with Crippen LogP contribution in [0.25, 0.3) is 0 Å². The third-order valence-electron chi connectivity index (χ3n) is 4.57. The van der Waals surface area contributed by atoms with Gasteiger partial charge in [0.25, 0.3) is 0 Å². The number of hydrogen-bond acceptors (Lipinski definition) is 5. The van der Waals surface area contributed by atoms with Gasteiger partial charge in [-0.15, -0.1) is 0 Å². The Labute approximate surface area is 163 Å². The summed E-state index contributed by atoms with van der Waals surface area (Å²) in [6.45, 7) is 1.33. The number of sulfone groups is 1. The van der Waals surface area contributed by atoms with Crippen molar-refractivity contribution in [3.8, 4) is 0 Å². The number of Topliss-reactive ketones (excluding diaryl/α,β-unsaturated/α-hetero) is 1. The van der Waals surface area contributed by atoms with E-state index in [4.69, 9.17) is 11.6 Å². The second-order valence-corrected chi connectivity index (χ2v) is 11.0.